The maximum atomic E-state index is 14.6. The van der Waals surface area contributed by atoms with Crippen molar-refractivity contribution in [1.82, 2.24) is 0 Å². The topological polar surface area (TPSA) is 40.5 Å². The fraction of sp³-hybridized carbons (Fsp3) is 0.429. The molecule has 2 N–H and O–H groups in total. The quantitative estimate of drug-likeness (QED) is 0.502. The number of hydrogen-bond acceptors (Lipinski definition) is 2. The predicted molar refractivity (Wildman–Crippen MR) is 105 cm³/mol. The van der Waals surface area contributed by atoms with E-state index >= 15 is 0 Å². The average molecular weight is 377 g/mol. The molecule has 0 aliphatic heterocycles. The summed E-state index contributed by atoms with van der Waals surface area (Å²) in [5.41, 5.74) is 4.25. The summed E-state index contributed by atoms with van der Waals surface area (Å²) in [6.07, 6.45) is 0. The second-order valence-corrected chi connectivity index (χ2v) is 13.3. The van der Waals surface area contributed by atoms with Crippen LogP contribution in [0.15, 0.2) is 18.2 Å². The Kier molecular flexibility index (Phi) is 5.67. The van der Waals surface area contributed by atoms with Crippen LogP contribution in [0.3, 0.4) is 0 Å². The van der Waals surface area contributed by atoms with E-state index in [2.05, 4.69) is 53.0 Å². The highest BCUT2D eigenvalue weighted by molar-refractivity contribution is 6.90. The van der Waals surface area contributed by atoms with Crippen LogP contribution in [0, 0.1) is 23.1 Å². The van der Waals surface area contributed by atoms with Crippen molar-refractivity contribution < 1.29 is 19.0 Å². The molecule has 0 unspecified atom stereocenters. The predicted octanol–water partition coefficient (Wildman–Crippen LogP) is 6.10. The molecule has 0 atom stereocenters. The average Bonchev–Trinajstić information content (AvgIpc) is 2.49. The second kappa shape index (κ2) is 7.28. The minimum Gasteiger partial charge on any atom is -0.508 e. The van der Waals surface area contributed by atoms with Gasteiger partial charge in [0, 0.05) is 11.5 Å². The monoisotopic (exact) mass is 376 g/mol. The van der Waals surface area contributed by atoms with Crippen LogP contribution in [-0.2, 0) is 0 Å². The Morgan fingerprint density at radius 1 is 0.885 bits per heavy atom. The summed E-state index contributed by atoms with van der Waals surface area (Å²) in [4.78, 5) is 0. The molecule has 0 amide bonds. The minimum absolute atomic E-state index is 0.133. The summed E-state index contributed by atoms with van der Waals surface area (Å²) in [6, 6.07) is 3.37. The Morgan fingerprint density at radius 3 is 1.92 bits per heavy atom. The Labute approximate surface area is 154 Å². The van der Waals surface area contributed by atoms with Crippen molar-refractivity contribution in [2.45, 2.75) is 58.2 Å². The van der Waals surface area contributed by atoms with Crippen molar-refractivity contribution in [3.63, 3.8) is 0 Å². The molecule has 0 fully saturated rings. The van der Waals surface area contributed by atoms with E-state index in [1.54, 1.807) is 0 Å². The number of benzene rings is 2. The summed E-state index contributed by atoms with van der Waals surface area (Å²) >= 11 is 0. The third-order valence-electron chi connectivity index (χ3n) is 5.36. The molecule has 0 aliphatic carbocycles. The molecule has 2 aromatic carbocycles. The molecule has 0 radical (unpaired) electrons. The zero-order valence-corrected chi connectivity index (χ0v) is 17.1. The van der Waals surface area contributed by atoms with Gasteiger partial charge in [-0.2, -0.15) is 0 Å². The zero-order chi connectivity index (χ0) is 19.8. The van der Waals surface area contributed by atoms with E-state index in [4.69, 9.17) is 0 Å². The molecule has 0 spiro atoms. The van der Waals surface area contributed by atoms with Gasteiger partial charge in [-0.3, -0.25) is 0 Å². The third kappa shape index (κ3) is 3.31. The highest BCUT2D eigenvalue weighted by Gasteiger charge is 2.41. The number of phenols is 2. The largest absolute Gasteiger partial charge is 0.508 e. The molecule has 2 rings (SSSR count). The molecule has 0 aromatic heterocycles. The van der Waals surface area contributed by atoms with Gasteiger partial charge in [-0.15, -0.1) is 5.54 Å². The van der Waals surface area contributed by atoms with Gasteiger partial charge in [-0.25, -0.2) is 8.78 Å². The fourth-order valence-corrected chi connectivity index (χ4v) is 9.38. The van der Waals surface area contributed by atoms with Gasteiger partial charge in [0.1, 0.15) is 19.6 Å². The lowest BCUT2D eigenvalue weighted by atomic mass is 10.0. The molecule has 2 nitrogen and oxygen atoms in total. The van der Waals surface area contributed by atoms with Crippen LogP contribution in [0.5, 0.6) is 11.5 Å². The smallest absolute Gasteiger partial charge is 0.175 e. The Hall–Kier alpha value is -2.06. The van der Waals surface area contributed by atoms with E-state index in [1.165, 1.54) is 6.07 Å². The van der Waals surface area contributed by atoms with Gasteiger partial charge in [-0.1, -0.05) is 47.5 Å². The summed E-state index contributed by atoms with van der Waals surface area (Å²) in [5, 5.41) is 20.2. The fourth-order valence-electron chi connectivity index (χ4n) is 4.17. The summed E-state index contributed by atoms with van der Waals surface area (Å²) < 4.78 is 28.6. The van der Waals surface area contributed by atoms with Gasteiger partial charge < -0.3 is 10.2 Å². The van der Waals surface area contributed by atoms with Crippen LogP contribution in [0.2, 0.25) is 16.6 Å². The molecule has 26 heavy (non-hydrogen) atoms. The maximum absolute atomic E-state index is 14.6. The van der Waals surface area contributed by atoms with Gasteiger partial charge in [0.2, 0.25) is 0 Å². The van der Waals surface area contributed by atoms with Gasteiger partial charge in [-0.05, 0) is 34.1 Å². The van der Waals surface area contributed by atoms with E-state index in [0.717, 1.165) is 12.1 Å². The molecule has 0 bridgehead atoms. The van der Waals surface area contributed by atoms with Crippen LogP contribution in [0.25, 0.3) is 10.8 Å². The van der Waals surface area contributed by atoms with Crippen molar-refractivity contribution in [2.75, 3.05) is 0 Å². The van der Waals surface area contributed by atoms with Crippen molar-refractivity contribution in [3.8, 4) is 23.0 Å². The van der Waals surface area contributed by atoms with Gasteiger partial charge in [0.15, 0.2) is 11.6 Å². The van der Waals surface area contributed by atoms with Crippen molar-refractivity contribution in [1.29, 1.82) is 0 Å². The summed E-state index contributed by atoms with van der Waals surface area (Å²) in [6.45, 7) is 12.8. The van der Waals surface area contributed by atoms with Crippen LogP contribution >= 0.6 is 0 Å². The van der Waals surface area contributed by atoms with Crippen LogP contribution in [0.1, 0.15) is 47.1 Å². The first kappa shape index (κ1) is 20.3. The number of hydrogen-bond donors (Lipinski definition) is 2. The van der Waals surface area contributed by atoms with E-state index in [-0.39, 0.29) is 27.8 Å². The van der Waals surface area contributed by atoms with E-state index < -0.39 is 19.7 Å². The van der Waals surface area contributed by atoms with Gasteiger partial charge in [0.25, 0.3) is 0 Å². The number of halogens is 2. The normalized spacial score (nSPS) is 12.1. The molecule has 0 saturated carbocycles. The number of phenolic OH excluding ortho intramolecular Hbond substituents is 2. The lowest BCUT2D eigenvalue weighted by Crippen LogP contribution is -2.43. The highest BCUT2D eigenvalue weighted by atomic mass is 28.3. The molecule has 0 heterocycles. The van der Waals surface area contributed by atoms with E-state index in [1.807, 2.05) is 0 Å². The van der Waals surface area contributed by atoms with Crippen molar-refractivity contribution >= 4 is 18.8 Å². The maximum Gasteiger partial charge on any atom is 0.175 e. The van der Waals surface area contributed by atoms with E-state index in [9.17, 15) is 19.0 Å². The first-order valence-corrected chi connectivity index (χ1v) is 11.1. The molecular formula is C21H26F2O2Si. The number of rotatable bonds is 3. The molecular weight excluding hydrogens is 350 g/mol. The lowest BCUT2D eigenvalue weighted by Gasteiger charge is -2.38. The summed E-state index contributed by atoms with van der Waals surface area (Å²) in [7, 11) is -2.15. The number of aromatic hydroxyl groups is 2. The summed E-state index contributed by atoms with van der Waals surface area (Å²) in [5.74, 6) is 0.265. The Balaban J connectivity index is 2.84. The molecule has 5 heteroatoms. The standard InChI is InChI=1S/C21H26F2O2Si/c1-12(2)26(13(3)4,14(5)6)8-7-17-20-15(10-18(22)21(17)23)9-16(24)11-19(20)25/h9-14,24-25H,1-6H3. The molecule has 140 valence electrons. The van der Waals surface area contributed by atoms with E-state index in [0.29, 0.717) is 16.6 Å². The Morgan fingerprint density at radius 2 is 1.42 bits per heavy atom. The second-order valence-electron chi connectivity index (χ2n) is 7.76. The first-order valence-electron chi connectivity index (χ1n) is 8.89. The van der Waals surface area contributed by atoms with Crippen LogP contribution in [-0.4, -0.2) is 18.3 Å². The molecule has 2 aromatic rings. The minimum atomic E-state index is -2.15. The van der Waals surface area contributed by atoms with Gasteiger partial charge >= 0.3 is 0 Å². The van der Waals surface area contributed by atoms with Crippen LogP contribution < -0.4 is 0 Å². The van der Waals surface area contributed by atoms with Gasteiger partial charge in [0.05, 0.1) is 5.56 Å². The lowest BCUT2D eigenvalue weighted by molar-refractivity contribution is 0.454. The highest BCUT2D eigenvalue weighted by Crippen LogP contribution is 2.41. The number of fused-ring (bicyclic) bond motifs is 1. The third-order valence-corrected chi connectivity index (χ3v) is 11.7. The van der Waals surface area contributed by atoms with Crippen molar-refractivity contribution in [2.24, 2.45) is 0 Å². The molecule has 0 saturated heterocycles. The molecule has 0 aliphatic rings. The SMILES string of the molecule is CC(C)[Si](C#Cc1c(F)c(F)cc2cc(O)cc(O)c12)(C(C)C)C(C)C. The first-order chi connectivity index (χ1) is 12.0. The van der Waals surface area contributed by atoms with Crippen molar-refractivity contribution in [3.05, 3.63) is 35.4 Å². The zero-order valence-electron chi connectivity index (χ0n) is 16.1. The Bertz CT molecular complexity index is 871. The van der Waals surface area contributed by atoms with Crippen LogP contribution in [0.4, 0.5) is 8.78 Å².